The lowest BCUT2D eigenvalue weighted by atomic mass is 10.1. The van der Waals surface area contributed by atoms with Crippen molar-refractivity contribution in [2.45, 2.75) is 19.6 Å². The van der Waals surface area contributed by atoms with E-state index in [1.165, 1.54) is 0 Å². The third kappa shape index (κ3) is 3.67. The molecule has 0 spiro atoms. The van der Waals surface area contributed by atoms with Crippen LogP contribution in [-0.2, 0) is 6.61 Å². The summed E-state index contributed by atoms with van der Waals surface area (Å²) in [6, 6.07) is 13.3. The van der Waals surface area contributed by atoms with Gasteiger partial charge in [-0.2, -0.15) is 0 Å². The number of hydrogen-bond acceptors (Lipinski definition) is 4. The molecular weight excluding hydrogens is 266 g/mol. The second-order valence-electron chi connectivity index (χ2n) is 4.80. The van der Waals surface area contributed by atoms with Gasteiger partial charge in [-0.05, 0) is 36.8 Å². The Kier molecular flexibility index (Phi) is 5.06. The lowest BCUT2D eigenvalue weighted by Crippen LogP contribution is -2.10. The number of ether oxygens (including phenoxy) is 3. The summed E-state index contributed by atoms with van der Waals surface area (Å²) in [5.41, 5.74) is 7.97. The Morgan fingerprint density at radius 1 is 0.952 bits per heavy atom. The number of nitrogens with two attached hydrogens (primary N) is 1. The van der Waals surface area contributed by atoms with E-state index in [2.05, 4.69) is 0 Å². The maximum absolute atomic E-state index is 6.02. The van der Waals surface area contributed by atoms with Crippen molar-refractivity contribution in [2.24, 2.45) is 5.73 Å². The molecule has 4 nitrogen and oxygen atoms in total. The van der Waals surface area contributed by atoms with Crippen LogP contribution in [0, 0.1) is 0 Å². The van der Waals surface area contributed by atoms with Gasteiger partial charge in [0, 0.05) is 6.04 Å². The van der Waals surface area contributed by atoms with E-state index in [1.54, 1.807) is 14.2 Å². The van der Waals surface area contributed by atoms with Gasteiger partial charge in [0.1, 0.15) is 23.9 Å². The van der Waals surface area contributed by atoms with Crippen LogP contribution in [0.15, 0.2) is 42.5 Å². The zero-order valence-corrected chi connectivity index (χ0v) is 12.6. The Hall–Kier alpha value is -2.20. The largest absolute Gasteiger partial charge is 0.497 e. The molecule has 0 aliphatic rings. The summed E-state index contributed by atoms with van der Waals surface area (Å²) in [6.45, 7) is 2.38. The Morgan fingerprint density at radius 3 is 2.19 bits per heavy atom. The highest BCUT2D eigenvalue weighted by Crippen LogP contribution is 2.33. The Labute approximate surface area is 125 Å². The second-order valence-corrected chi connectivity index (χ2v) is 4.80. The highest BCUT2D eigenvalue weighted by atomic mass is 16.5. The second kappa shape index (κ2) is 6.99. The normalized spacial score (nSPS) is 11.8. The number of rotatable bonds is 6. The van der Waals surface area contributed by atoms with Gasteiger partial charge in [0.2, 0.25) is 0 Å². The van der Waals surface area contributed by atoms with E-state index in [0.29, 0.717) is 6.61 Å². The first-order valence-corrected chi connectivity index (χ1v) is 6.84. The lowest BCUT2D eigenvalue weighted by molar-refractivity contribution is 0.297. The number of hydrogen-bond donors (Lipinski definition) is 1. The van der Waals surface area contributed by atoms with Gasteiger partial charge >= 0.3 is 0 Å². The van der Waals surface area contributed by atoms with Gasteiger partial charge in [0.05, 0.1) is 19.8 Å². The maximum atomic E-state index is 6.02. The summed E-state index contributed by atoms with van der Waals surface area (Å²) >= 11 is 0. The Bertz CT molecular complexity index is 579. The summed E-state index contributed by atoms with van der Waals surface area (Å²) < 4.78 is 16.4. The van der Waals surface area contributed by atoms with Crippen LogP contribution in [0.25, 0.3) is 0 Å². The van der Waals surface area contributed by atoms with Crippen LogP contribution in [0.5, 0.6) is 17.2 Å². The molecule has 2 aromatic rings. The molecule has 0 amide bonds. The molecule has 21 heavy (non-hydrogen) atoms. The molecule has 0 aliphatic heterocycles. The first-order chi connectivity index (χ1) is 10.2. The minimum absolute atomic E-state index is 0.160. The fourth-order valence-electron chi connectivity index (χ4n) is 2.16. The first kappa shape index (κ1) is 15.2. The van der Waals surface area contributed by atoms with E-state index < -0.39 is 0 Å². The fraction of sp³-hybridized carbons (Fsp3) is 0.294. The molecule has 112 valence electrons. The van der Waals surface area contributed by atoms with E-state index in [9.17, 15) is 0 Å². The topological polar surface area (TPSA) is 53.7 Å². The van der Waals surface area contributed by atoms with Crippen molar-refractivity contribution in [1.82, 2.24) is 0 Å². The molecule has 0 radical (unpaired) electrons. The Morgan fingerprint density at radius 2 is 1.62 bits per heavy atom. The molecule has 0 aliphatic carbocycles. The van der Waals surface area contributed by atoms with E-state index in [-0.39, 0.29) is 6.04 Å². The quantitative estimate of drug-likeness (QED) is 0.885. The SMILES string of the molecule is COc1ccc(COc2cccc(OC)c2[C@@H](C)N)cc1. The van der Waals surface area contributed by atoms with E-state index >= 15 is 0 Å². The highest BCUT2D eigenvalue weighted by Gasteiger charge is 2.14. The van der Waals surface area contributed by atoms with Crippen molar-refractivity contribution in [3.63, 3.8) is 0 Å². The van der Waals surface area contributed by atoms with Gasteiger partial charge in [0.25, 0.3) is 0 Å². The first-order valence-electron chi connectivity index (χ1n) is 6.84. The summed E-state index contributed by atoms with van der Waals surface area (Å²) in [5.74, 6) is 2.33. The molecule has 1 atom stereocenters. The highest BCUT2D eigenvalue weighted by molar-refractivity contribution is 5.46. The number of benzene rings is 2. The average Bonchev–Trinajstić information content (AvgIpc) is 2.52. The monoisotopic (exact) mass is 287 g/mol. The molecule has 0 saturated carbocycles. The molecule has 2 N–H and O–H groups in total. The van der Waals surface area contributed by atoms with Crippen LogP contribution < -0.4 is 19.9 Å². The zero-order chi connectivity index (χ0) is 15.2. The molecule has 4 heteroatoms. The summed E-state index contributed by atoms with van der Waals surface area (Å²) in [6.07, 6.45) is 0. The summed E-state index contributed by atoms with van der Waals surface area (Å²) in [5, 5.41) is 0. The summed E-state index contributed by atoms with van der Waals surface area (Å²) in [4.78, 5) is 0. The van der Waals surface area contributed by atoms with Crippen molar-refractivity contribution >= 4 is 0 Å². The van der Waals surface area contributed by atoms with E-state index in [0.717, 1.165) is 28.4 Å². The Balaban J connectivity index is 2.15. The van der Waals surface area contributed by atoms with Gasteiger partial charge < -0.3 is 19.9 Å². The minimum Gasteiger partial charge on any atom is -0.497 e. The minimum atomic E-state index is -0.160. The third-order valence-corrected chi connectivity index (χ3v) is 3.25. The molecule has 0 aromatic heterocycles. The summed E-state index contributed by atoms with van der Waals surface area (Å²) in [7, 11) is 3.28. The molecule has 0 fully saturated rings. The van der Waals surface area contributed by atoms with Gasteiger partial charge in [0.15, 0.2) is 0 Å². The average molecular weight is 287 g/mol. The maximum Gasteiger partial charge on any atom is 0.128 e. The van der Waals surface area contributed by atoms with Crippen molar-refractivity contribution in [1.29, 1.82) is 0 Å². The fourth-order valence-corrected chi connectivity index (χ4v) is 2.16. The van der Waals surface area contributed by atoms with E-state index in [4.69, 9.17) is 19.9 Å². The van der Waals surface area contributed by atoms with Crippen LogP contribution in [0.2, 0.25) is 0 Å². The molecule has 0 unspecified atom stereocenters. The van der Waals surface area contributed by atoms with Gasteiger partial charge in [-0.1, -0.05) is 18.2 Å². The zero-order valence-electron chi connectivity index (χ0n) is 12.6. The van der Waals surface area contributed by atoms with Gasteiger partial charge in [-0.15, -0.1) is 0 Å². The third-order valence-electron chi connectivity index (χ3n) is 3.25. The molecule has 0 saturated heterocycles. The predicted octanol–water partition coefficient (Wildman–Crippen LogP) is 3.30. The van der Waals surface area contributed by atoms with Crippen molar-refractivity contribution in [2.75, 3.05) is 14.2 Å². The molecule has 2 rings (SSSR count). The van der Waals surface area contributed by atoms with Crippen LogP contribution >= 0.6 is 0 Å². The van der Waals surface area contributed by atoms with Crippen molar-refractivity contribution in [3.8, 4) is 17.2 Å². The molecule has 0 heterocycles. The van der Waals surface area contributed by atoms with Crippen LogP contribution in [0.4, 0.5) is 0 Å². The predicted molar refractivity (Wildman–Crippen MR) is 82.9 cm³/mol. The van der Waals surface area contributed by atoms with Crippen molar-refractivity contribution < 1.29 is 14.2 Å². The van der Waals surface area contributed by atoms with E-state index in [1.807, 2.05) is 49.4 Å². The van der Waals surface area contributed by atoms with Gasteiger partial charge in [-0.3, -0.25) is 0 Å². The molecule has 0 bridgehead atoms. The lowest BCUT2D eigenvalue weighted by Gasteiger charge is -2.17. The van der Waals surface area contributed by atoms with Gasteiger partial charge in [-0.25, -0.2) is 0 Å². The molecular formula is C17H21NO3. The van der Waals surface area contributed by atoms with Crippen LogP contribution in [-0.4, -0.2) is 14.2 Å². The smallest absolute Gasteiger partial charge is 0.128 e. The number of methoxy groups -OCH3 is 2. The van der Waals surface area contributed by atoms with Crippen LogP contribution in [0.1, 0.15) is 24.1 Å². The standard InChI is InChI=1S/C17H21NO3/c1-12(18)17-15(20-3)5-4-6-16(17)21-11-13-7-9-14(19-2)10-8-13/h4-10,12H,11,18H2,1-3H3/t12-/m1/s1. The van der Waals surface area contributed by atoms with Crippen molar-refractivity contribution in [3.05, 3.63) is 53.6 Å². The van der Waals surface area contributed by atoms with Crippen LogP contribution in [0.3, 0.4) is 0 Å². The molecule has 2 aromatic carbocycles.